The van der Waals surface area contributed by atoms with Gasteiger partial charge in [0, 0.05) is 25.7 Å². The summed E-state index contributed by atoms with van der Waals surface area (Å²) in [6.07, 6.45) is 1.79. The Hall–Kier alpha value is -0.170. The Labute approximate surface area is 98.0 Å². The van der Waals surface area contributed by atoms with Gasteiger partial charge < -0.3 is 10.1 Å². The van der Waals surface area contributed by atoms with Gasteiger partial charge in [-0.15, -0.1) is 0 Å². The van der Waals surface area contributed by atoms with Crippen molar-refractivity contribution < 1.29 is 13.2 Å². The molecule has 0 radical (unpaired) electrons. The molecule has 1 aliphatic carbocycles. The second-order valence-corrected chi connectivity index (χ2v) is 6.45. The van der Waals surface area contributed by atoms with Crippen LogP contribution in [0.4, 0.5) is 0 Å². The molecule has 1 saturated carbocycles. The highest BCUT2D eigenvalue weighted by molar-refractivity contribution is 7.89. The Kier molecular flexibility index (Phi) is 5.17. The van der Waals surface area contributed by atoms with E-state index in [4.69, 9.17) is 4.74 Å². The quantitative estimate of drug-likeness (QED) is 0.671. The zero-order valence-corrected chi connectivity index (χ0v) is 11.0. The van der Waals surface area contributed by atoms with Gasteiger partial charge in [0.05, 0.1) is 11.9 Å². The van der Waals surface area contributed by atoms with Crippen molar-refractivity contribution in [1.29, 1.82) is 0 Å². The van der Waals surface area contributed by atoms with E-state index in [2.05, 4.69) is 10.0 Å². The predicted molar refractivity (Wildman–Crippen MR) is 63.9 cm³/mol. The molecule has 96 valence electrons. The zero-order valence-electron chi connectivity index (χ0n) is 10.2. The predicted octanol–water partition coefficient (Wildman–Crippen LogP) is 0.0812. The van der Waals surface area contributed by atoms with Crippen molar-refractivity contribution in [2.24, 2.45) is 0 Å². The SMILES string of the molecule is COC1CC(NS(=O)(=O)CCNC(C)C)C1. The molecule has 0 aromatic carbocycles. The minimum Gasteiger partial charge on any atom is -0.381 e. The smallest absolute Gasteiger partial charge is 0.213 e. The molecule has 0 aromatic heterocycles. The van der Waals surface area contributed by atoms with Crippen molar-refractivity contribution in [3.05, 3.63) is 0 Å². The lowest BCUT2D eigenvalue weighted by Gasteiger charge is -2.34. The molecule has 0 amide bonds. The van der Waals surface area contributed by atoms with Crippen molar-refractivity contribution in [2.75, 3.05) is 19.4 Å². The Bertz CT molecular complexity index is 297. The Morgan fingerprint density at radius 3 is 2.50 bits per heavy atom. The summed E-state index contributed by atoms with van der Waals surface area (Å²) < 4.78 is 31.0. The normalized spacial score (nSPS) is 25.8. The van der Waals surface area contributed by atoms with Gasteiger partial charge in [-0.3, -0.25) is 0 Å². The molecule has 5 nitrogen and oxygen atoms in total. The van der Waals surface area contributed by atoms with Gasteiger partial charge >= 0.3 is 0 Å². The van der Waals surface area contributed by atoms with Crippen LogP contribution in [0.5, 0.6) is 0 Å². The second kappa shape index (κ2) is 5.95. The Morgan fingerprint density at radius 1 is 1.38 bits per heavy atom. The van der Waals surface area contributed by atoms with Crippen molar-refractivity contribution >= 4 is 10.0 Å². The summed E-state index contributed by atoms with van der Waals surface area (Å²) in [5.41, 5.74) is 0. The van der Waals surface area contributed by atoms with E-state index in [0.29, 0.717) is 12.6 Å². The van der Waals surface area contributed by atoms with Gasteiger partial charge in [-0.2, -0.15) is 0 Å². The molecular weight excluding hydrogens is 228 g/mol. The van der Waals surface area contributed by atoms with Crippen molar-refractivity contribution in [1.82, 2.24) is 10.0 Å². The molecule has 0 aromatic rings. The molecule has 2 N–H and O–H groups in total. The minimum absolute atomic E-state index is 0.0639. The molecule has 0 spiro atoms. The molecular formula is C10H22N2O3S. The van der Waals surface area contributed by atoms with Crippen LogP contribution < -0.4 is 10.0 Å². The first-order valence-corrected chi connectivity index (χ1v) is 7.34. The fourth-order valence-electron chi connectivity index (χ4n) is 1.65. The second-order valence-electron chi connectivity index (χ2n) is 4.57. The highest BCUT2D eigenvalue weighted by Crippen LogP contribution is 2.22. The summed E-state index contributed by atoms with van der Waals surface area (Å²) in [4.78, 5) is 0. The molecule has 16 heavy (non-hydrogen) atoms. The summed E-state index contributed by atoms with van der Waals surface area (Å²) in [5.74, 6) is 0.138. The molecule has 1 rings (SSSR count). The third-order valence-corrected chi connectivity index (χ3v) is 4.13. The maximum absolute atomic E-state index is 11.6. The maximum atomic E-state index is 11.6. The van der Waals surface area contributed by atoms with Crippen LogP contribution in [0.1, 0.15) is 26.7 Å². The molecule has 1 fully saturated rings. The van der Waals surface area contributed by atoms with Gasteiger partial charge in [0.25, 0.3) is 0 Å². The van der Waals surface area contributed by atoms with E-state index in [1.807, 2.05) is 13.8 Å². The van der Waals surface area contributed by atoms with Crippen LogP contribution >= 0.6 is 0 Å². The summed E-state index contributed by atoms with van der Waals surface area (Å²) >= 11 is 0. The highest BCUT2D eigenvalue weighted by atomic mass is 32.2. The average molecular weight is 250 g/mol. The minimum atomic E-state index is -3.14. The summed E-state index contributed by atoms with van der Waals surface area (Å²) in [5, 5.41) is 3.09. The monoisotopic (exact) mass is 250 g/mol. The van der Waals surface area contributed by atoms with Gasteiger partial charge in [-0.05, 0) is 12.8 Å². The van der Waals surface area contributed by atoms with Crippen LogP contribution in [0.2, 0.25) is 0 Å². The Morgan fingerprint density at radius 2 is 2.00 bits per heavy atom. The summed E-state index contributed by atoms with van der Waals surface area (Å²) in [6, 6.07) is 0.380. The van der Waals surface area contributed by atoms with Crippen LogP contribution in [0.3, 0.4) is 0 Å². The van der Waals surface area contributed by atoms with Crippen LogP contribution in [0, 0.1) is 0 Å². The van der Waals surface area contributed by atoms with Crippen molar-refractivity contribution in [3.63, 3.8) is 0 Å². The van der Waals surface area contributed by atoms with Crippen LogP contribution in [-0.2, 0) is 14.8 Å². The van der Waals surface area contributed by atoms with E-state index in [1.54, 1.807) is 7.11 Å². The topological polar surface area (TPSA) is 67.4 Å². The van der Waals surface area contributed by atoms with E-state index in [9.17, 15) is 8.42 Å². The molecule has 6 heteroatoms. The highest BCUT2D eigenvalue weighted by Gasteiger charge is 2.31. The van der Waals surface area contributed by atoms with Gasteiger partial charge in [0.15, 0.2) is 0 Å². The largest absolute Gasteiger partial charge is 0.381 e. The summed E-state index contributed by atoms with van der Waals surface area (Å²) in [6.45, 7) is 4.48. The number of nitrogens with one attached hydrogen (secondary N) is 2. The van der Waals surface area contributed by atoms with Crippen LogP contribution in [-0.4, -0.2) is 46.0 Å². The van der Waals surface area contributed by atoms with Gasteiger partial charge in [0.1, 0.15) is 0 Å². The lowest BCUT2D eigenvalue weighted by atomic mass is 9.90. The molecule has 0 atom stereocenters. The first kappa shape index (κ1) is 13.9. The van der Waals surface area contributed by atoms with Gasteiger partial charge in [-0.25, -0.2) is 13.1 Å². The van der Waals surface area contributed by atoms with E-state index >= 15 is 0 Å². The van der Waals surface area contributed by atoms with E-state index in [1.165, 1.54) is 0 Å². The molecule has 0 unspecified atom stereocenters. The van der Waals surface area contributed by atoms with Crippen molar-refractivity contribution in [3.8, 4) is 0 Å². The van der Waals surface area contributed by atoms with E-state index < -0.39 is 10.0 Å². The fourth-order valence-corrected chi connectivity index (χ4v) is 2.85. The lowest BCUT2D eigenvalue weighted by Crippen LogP contribution is -2.48. The maximum Gasteiger partial charge on any atom is 0.213 e. The molecule has 0 bridgehead atoms. The number of sulfonamides is 1. The van der Waals surface area contributed by atoms with Crippen molar-refractivity contribution in [2.45, 2.75) is 44.9 Å². The number of hydrogen-bond acceptors (Lipinski definition) is 4. The molecule has 0 saturated heterocycles. The number of rotatable bonds is 7. The van der Waals surface area contributed by atoms with E-state index in [-0.39, 0.29) is 17.9 Å². The average Bonchev–Trinajstić information content (AvgIpc) is 2.09. The first-order chi connectivity index (χ1) is 7.43. The standard InChI is InChI=1S/C10H22N2O3S/c1-8(2)11-4-5-16(13,14)12-9-6-10(7-9)15-3/h8-12H,4-7H2,1-3H3. The van der Waals surface area contributed by atoms with Gasteiger partial charge in [-0.1, -0.05) is 13.8 Å². The summed E-state index contributed by atoms with van der Waals surface area (Å²) in [7, 11) is -1.48. The molecule has 1 aliphatic rings. The first-order valence-electron chi connectivity index (χ1n) is 5.69. The molecule has 0 aliphatic heterocycles. The number of hydrogen-bond donors (Lipinski definition) is 2. The van der Waals surface area contributed by atoms with E-state index in [0.717, 1.165) is 12.8 Å². The zero-order chi connectivity index (χ0) is 12.2. The Balaban J connectivity index is 2.20. The van der Waals surface area contributed by atoms with Crippen LogP contribution in [0.15, 0.2) is 0 Å². The third-order valence-electron chi connectivity index (χ3n) is 2.70. The van der Waals surface area contributed by atoms with Crippen LogP contribution in [0.25, 0.3) is 0 Å². The number of ether oxygens (including phenoxy) is 1. The van der Waals surface area contributed by atoms with Gasteiger partial charge in [0.2, 0.25) is 10.0 Å². The molecule has 0 heterocycles. The third kappa shape index (κ3) is 4.78. The number of methoxy groups -OCH3 is 1. The lowest BCUT2D eigenvalue weighted by molar-refractivity contribution is 0.0236. The fraction of sp³-hybridized carbons (Fsp3) is 1.00.